The minimum atomic E-state index is -2.94. The summed E-state index contributed by atoms with van der Waals surface area (Å²) in [5.74, 6) is 0.681. The zero-order chi connectivity index (χ0) is 25.8. The van der Waals surface area contributed by atoms with E-state index in [2.05, 4.69) is 93.0 Å². The fourth-order valence-electron chi connectivity index (χ4n) is 1.91. The maximum Gasteiger partial charge on any atom is 0.214 e. The van der Waals surface area contributed by atoms with Gasteiger partial charge in [-0.1, -0.05) is 67.5 Å². The van der Waals surface area contributed by atoms with Crippen molar-refractivity contribution in [1.82, 2.24) is 4.72 Å². The molecule has 4 nitrogen and oxygen atoms in total. The average molecular weight is 476 g/mol. The maximum atomic E-state index is 11.1. The molecule has 0 aromatic rings. The molecule has 0 unspecified atom stereocenters. The van der Waals surface area contributed by atoms with Crippen molar-refractivity contribution >= 4 is 10.0 Å². The van der Waals surface area contributed by atoms with Gasteiger partial charge in [-0.05, 0) is 83.5 Å². The number of hydrogen-bond donors (Lipinski definition) is 1. The standard InChI is InChI=1S/C13H26O.C8H18.C6H13NO2S/c1-12(2)10-8-6-7-9-11-14-13(3,4)5;1-7(2,3)8(4,5)6;1-5(2)7-10(8,9)6-3-4-6/h8,10,12H,6-7,9,11H2,1-5H3;1-6H3;5-7H,3-4H2,1-2H3/b10-8+;;. The predicted molar refractivity (Wildman–Crippen MR) is 143 cm³/mol. The highest BCUT2D eigenvalue weighted by atomic mass is 32.2. The van der Waals surface area contributed by atoms with E-state index in [-0.39, 0.29) is 16.9 Å². The molecule has 1 aliphatic rings. The van der Waals surface area contributed by atoms with Crippen LogP contribution in [-0.2, 0) is 14.8 Å². The number of sulfonamides is 1. The fourth-order valence-corrected chi connectivity index (χ4v) is 3.52. The molecule has 194 valence electrons. The summed E-state index contributed by atoms with van der Waals surface area (Å²) in [4.78, 5) is 0. The van der Waals surface area contributed by atoms with E-state index >= 15 is 0 Å². The summed E-state index contributed by atoms with van der Waals surface area (Å²) in [6.45, 7) is 28.9. The van der Waals surface area contributed by atoms with Crippen molar-refractivity contribution in [1.29, 1.82) is 0 Å². The van der Waals surface area contributed by atoms with Gasteiger partial charge in [0.05, 0.1) is 10.9 Å². The van der Waals surface area contributed by atoms with Crippen LogP contribution in [0.4, 0.5) is 0 Å². The van der Waals surface area contributed by atoms with E-state index < -0.39 is 10.0 Å². The third-order valence-corrected chi connectivity index (χ3v) is 7.58. The van der Waals surface area contributed by atoms with Crippen LogP contribution in [-0.4, -0.2) is 31.9 Å². The third kappa shape index (κ3) is 21.5. The van der Waals surface area contributed by atoms with Crippen LogP contribution in [0.5, 0.6) is 0 Å². The molecule has 1 saturated carbocycles. The lowest BCUT2D eigenvalue weighted by atomic mass is 9.71. The number of rotatable bonds is 9. The van der Waals surface area contributed by atoms with Gasteiger partial charge in [-0.25, -0.2) is 13.1 Å². The smallest absolute Gasteiger partial charge is 0.214 e. The second-order valence-electron chi connectivity index (χ2n) is 12.6. The van der Waals surface area contributed by atoms with E-state index in [9.17, 15) is 8.42 Å². The van der Waals surface area contributed by atoms with Gasteiger partial charge in [-0.15, -0.1) is 0 Å². The summed E-state index contributed by atoms with van der Waals surface area (Å²) in [7, 11) is -2.94. The lowest BCUT2D eigenvalue weighted by Gasteiger charge is -2.34. The molecule has 0 bridgehead atoms. The van der Waals surface area contributed by atoms with Gasteiger partial charge in [0.15, 0.2) is 0 Å². The molecular formula is C27H57NO3S. The first-order valence-corrected chi connectivity index (χ1v) is 14.1. The molecule has 0 radical (unpaired) electrons. The Morgan fingerprint density at radius 3 is 1.66 bits per heavy atom. The SMILES string of the molecule is CC(C)(C)C(C)(C)C.CC(C)/C=C/CCCCOC(C)(C)C.CC(C)NS(=O)(=O)C1CC1. The molecule has 32 heavy (non-hydrogen) atoms. The van der Waals surface area contributed by atoms with Crippen LogP contribution >= 0.6 is 0 Å². The second kappa shape index (κ2) is 14.8. The highest BCUT2D eigenvalue weighted by molar-refractivity contribution is 7.90. The largest absolute Gasteiger partial charge is 0.376 e. The van der Waals surface area contributed by atoms with Gasteiger partial charge in [-0.2, -0.15) is 0 Å². The molecule has 0 aromatic heterocycles. The van der Waals surface area contributed by atoms with E-state index in [1.165, 1.54) is 19.3 Å². The number of nitrogens with one attached hydrogen (secondary N) is 1. The Kier molecular flexibility index (Phi) is 15.6. The van der Waals surface area contributed by atoms with E-state index in [0.717, 1.165) is 19.4 Å². The van der Waals surface area contributed by atoms with Crippen LogP contribution in [0, 0.1) is 16.7 Å². The normalized spacial score (nSPS) is 15.5. The van der Waals surface area contributed by atoms with Crippen LogP contribution < -0.4 is 4.72 Å². The molecule has 0 spiro atoms. The van der Waals surface area contributed by atoms with Gasteiger partial charge in [0, 0.05) is 12.6 Å². The van der Waals surface area contributed by atoms with Gasteiger partial charge in [0.25, 0.3) is 0 Å². The number of allylic oxidation sites excluding steroid dienone is 2. The lowest BCUT2D eigenvalue weighted by molar-refractivity contribution is -0.00447. The van der Waals surface area contributed by atoms with E-state index in [0.29, 0.717) is 16.7 Å². The van der Waals surface area contributed by atoms with Crippen molar-refractivity contribution in [3.63, 3.8) is 0 Å². The first-order chi connectivity index (χ1) is 14.2. The molecule has 0 aliphatic heterocycles. The van der Waals surface area contributed by atoms with Gasteiger partial charge in [0.2, 0.25) is 10.0 Å². The van der Waals surface area contributed by atoms with Crippen molar-refractivity contribution in [2.45, 2.75) is 139 Å². The first-order valence-electron chi connectivity index (χ1n) is 12.5. The Morgan fingerprint density at radius 2 is 1.34 bits per heavy atom. The fraction of sp³-hybridized carbons (Fsp3) is 0.926. The first kappa shape index (κ1) is 33.8. The topological polar surface area (TPSA) is 55.4 Å². The highest BCUT2D eigenvalue weighted by Crippen LogP contribution is 2.36. The summed E-state index contributed by atoms with van der Waals surface area (Å²) in [5, 5.41) is -0.0881. The lowest BCUT2D eigenvalue weighted by Crippen LogP contribution is -2.32. The predicted octanol–water partition coefficient (Wildman–Crippen LogP) is 7.74. The van der Waals surface area contributed by atoms with Crippen LogP contribution in [0.1, 0.15) is 122 Å². The Labute approximate surface area is 202 Å². The molecule has 0 atom stereocenters. The molecule has 1 rings (SSSR count). The second-order valence-corrected chi connectivity index (χ2v) is 14.6. The Morgan fingerprint density at radius 1 is 0.875 bits per heavy atom. The highest BCUT2D eigenvalue weighted by Gasteiger charge is 2.35. The molecule has 0 aromatic carbocycles. The monoisotopic (exact) mass is 475 g/mol. The Balaban J connectivity index is 0. The molecule has 0 amide bonds. The summed E-state index contributed by atoms with van der Waals surface area (Å²) in [6.07, 6.45) is 9.81. The molecule has 1 fully saturated rings. The zero-order valence-electron chi connectivity index (χ0n) is 23.8. The number of ether oxygens (including phenoxy) is 1. The van der Waals surface area contributed by atoms with Gasteiger partial charge in [-0.3, -0.25) is 0 Å². The van der Waals surface area contributed by atoms with Gasteiger partial charge in [0.1, 0.15) is 0 Å². The molecule has 5 heteroatoms. The molecular weight excluding hydrogens is 418 g/mol. The molecule has 1 aliphatic carbocycles. The van der Waals surface area contributed by atoms with Crippen molar-refractivity contribution in [3.05, 3.63) is 12.2 Å². The molecule has 0 heterocycles. The minimum Gasteiger partial charge on any atom is -0.376 e. The van der Waals surface area contributed by atoms with E-state index in [1.54, 1.807) is 0 Å². The van der Waals surface area contributed by atoms with Crippen molar-refractivity contribution in [3.8, 4) is 0 Å². The van der Waals surface area contributed by atoms with E-state index in [4.69, 9.17) is 4.74 Å². The Bertz CT molecular complexity index is 584. The summed E-state index contributed by atoms with van der Waals surface area (Å²) >= 11 is 0. The zero-order valence-corrected chi connectivity index (χ0v) is 24.6. The average Bonchev–Trinajstić information content (AvgIpc) is 3.36. The molecule has 1 N–H and O–H groups in total. The quantitative estimate of drug-likeness (QED) is 0.274. The minimum absolute atomic E-state index is 0.0216. The van der Waals surface area contributed by atoms with Crippen molar-refractivity contribution in [2.24, 2.45) is 16.7 Å². The van der Waals surface area contributed by atoms with Crippen LogP contribution in [0.25, 0.3) is 0 Å². The number of unbranched alkanes of at least 4 members (excludes halogenated alkanes) is 2. The summed E-state index contributed by atoms with van der Waals surface area (Å²) in [6, 6.07) is 0.0330. The van der Waals surface area contributed by atoms with E-state index in [1.807, 2.05) is 13.8 Å². The molecule has 0 saturated heterocycles. The van der Waals surface area contributed by atoms with Gasteiger partial charge >= 0.3 is 0 Å². The van der Waals surface area contributed by atoms with Crippen LogP contribution in [0.15, 0.2) is 12.2 Å². The summed E-state index contributed by atoms with van der Waals surface area (Å²) < 4.78 is 30.4. The van der Waals surface area contributed by atoms with Crippen LogP contribution in [0.3, 0.4) is 0 Å². The number of hydrogen-bond acceptors (Lipinski definition) is 3. The van der Waals surface area contributed by atoms with Crippen molar-refractivity contribution in [2.75, 3.05) is 6.61 Å². The van der Waals surface area contributed by atoms with Gasteiger partial charge < -0.3 is 4.74 Å². The Hall–Kier alpha value is -0.390. The van der Waals surface area contributed by atoms with Crippen molar-refractivity contribution < 1.29 is 13.2 Å². The van der Waals surface area contributed by atoms with Crippen LogP contribution in [0.2, 0.25) is 0 Å². The maximum absolute atomic E-state index is 11.1. The third-order valence-electron chi connectivity index (χ3n) is 5.43. The summed E-state index contributed by atoms with van der Waals surface area (Å²) in [5.41, 5.74) is 0.897.